The monoisotopic (exact) mass is 365 g/mol. The Morgan fingerprint density at radius 1 is 0.917 bits per heavy atom. The van der Waals surface area contributed by atoms with E-state index in [2.05, 4.69) is 0 Å². The van der Waals surface area contributed by atoms with Gasteiger partial charge in [0.25, 0.3) is 0 Å². The molecule has 0 N–H and O–H groups in total. The first-order valence-corrected chi connectivity index (χ1v) is 3.07. The summed E-state index contributed by atoms with van der Waals surface area (Å²) in [5.74, 6) is -4.37. The molecule has 0 spiro atoms. The van der Waals surface area contributed by atoms with Crippen molar-refractivity contribution in [3.05, 3.63) is 0 Å². The first-order chi connectivity index (χ1) is 4.64. The van der Waals surface area contributed by atoms with E-state index in [9.17, 15) is 0 Å². The maximum absolute atomic E-state index is 8.93. The topological polar surface area (TPSA) is 161 Å². The summed E-state index contributed by atoms with van der Waals surface area (Å²) in [4.78, 5) is 17.9. The van der Waals surface area contributed by atoms with Crippen molar-refractivity contribution in [2.45, 2.75) is 0 Å². The molecule has 0 saturated carbocycles. The molecule has 0 aromatic rings. The maximum atomic E-state index is 8.93. The van der Waals surface area contributed by atoms with Gasteiger partial charge in [0, 0.05) is 32.8 Å². The fourth-order valence-electron chi connectivity index (χ4n) is 0. The summed E-state index contributed by atoms with van der Waals surface area (Å²) in [6, 6.07) is 0. The molecule has 0 rings (SSSR count). The molecular formula is C2O8STa-4. The quantitative estimate of drug-likeness (QED) is 0.235. The van der Waals surface area contributed by atoms with Gasteiger partial charge in [0.1, 0.15) is 0 Å². The third kappa shape index (κ3) is 55.4. The normalized spacial score (nSPS) is 8.50. The SMILES string of the molecule is O=C([O-])C(=O)[O-].O=S(=O)([O-])[O-].[Ta]. The molecule has 0 unspecified atom stereocenters. The van der Waals surface area contributed by atoms with Gasteiger partial charge in [-0.05, 0) is 0 Å². The molecule has 10 heteroatoms. The summed E-state index contributed by atoms with van der Waals surface area (Å²) in [6.07, 6.45) is 0. The van der Waals surface area contributed by atoms with Gasteiger partial charge in [0.05, 0.1) is 11.9 Å². The zero-order valence-corrected chi connectivity index (χ0v) is 9.15. The fourth-order valence-corrected chi connectivity index (χ4v) is 0. The van der Waals surface area contributed by atoms with Crippen molar-refractivity contribution in [2.75, 3.05) is 0 Å². The Labute approximate surface area is 82.3 Å². The van der Waals surface area contributed by atoms with Gasteiger partial charge in [-0.2, -0.15) is 0 Å². The molecular weight excluding hydrogens is 365 g/mol. The van der Waals surface area contributed by atoms with Crippen LogP contribution in [0.5, 0.6) is 0 Å². The maximum Gasteiger partial charge on any atom is 0.0870 e. The van der Waals surface area contributed by atoms with E-state index in [1.54, 1.807) is 0 Å². The Morgan fingerprint density at radius 2 is 1.00 bits per heavy atom. The van der Waals surface area contributed by atoms with Crippen molar-refractivity contribution < 1.29 is 59.7 Å². The second kappa shape index (κ2) is 7.21. The van der Waals surface area contributed by atoms with E-state index in [4.69, 9.17) is 37.3 Å². The molecule has 0 saturated heterocycles. The molecule has 12 heavy (non-hydrogen) atoms. The van der Waals surface area contributed by atoms with Crippen LogP contribution in [0.15, 0.2) is 0 Å². The molecule has 0 aliphatic heterocycles. The van der Waals surface area contributed by atoms with E-state index in [-0.39, 0.29) is 22.4 Å². The molecule has 0 bridgehead atoms. The first kappa shape index (κ1) is 17.6. The summed E-state index contributed by atoms with van der Waals surface area (Å²) in [6.45, 7) is 0. The molecule has 1 radical (unpaired) electrons. The Bertz CT molecular complexity index is 220. The van der Waals surface area contributed by atoms with E-state index < -0.39 is 22.3 Å². The molecule has 0 heterocycles. The predicted molar refractivity (Wildman–Crippen MR) is 20.5 cm³/mol. The Hall–Kier alpha value is -0.450. The predicted octanol–water partition coefficient (Wildman–Crippen LogP) is -4.85. The van der Waals surface area contributed by atoms with Crippen LogP contribution < -0.4 is 10.2 Å². The summed E-state index contributed by atoms with van der Waals surface area (Å²) in [7, 11) is -5.17. The molecule has 8 nitrogen and oxygen atoms in total. The number of hydrogen-bond acceptors (Lipinski definition) is 8. The van der Waals surface area contributed by atoms with Crippen LogP contribution in [0, 0.1) is 0 Å². The second-order valence-electron chi connectivity index (χ2n) is 0.983. The Morgan fingerprint density at radius 3 is 1.00 bits per heavy atom. The summed E-state index contributed by atoms with van der Waals surface area (Å²) < 4.78 is 34.1. The molecule has 0 amide bonds. The van der Waals surface area contributed by atoms with E-state index in [0.29, 0.717) is 0 Å². The summed E-state index contributed by atoms with van der Waals surface area (Å²) in [5.41, 5.74) is 0. The third-order valence-electron chi connectivity index (χ3n) is 0.167. The first-order valence-electron chi connectivity index (χ1n) is 1.73. The number of carboxylic acid groups (broad SMARTS) is 2. The van der Waals surface area contributed by atoms with Gasteiger partial charge < -0.3 is 28.9 Å². The van der Waals surface area contributed by atoms with Gasteiger partial charge in [0.15, 0.2) is 0 Å². The van der Waals surface area contributed by atoms with Crippen molar-refractivity contribution >= 4 is 22.3 Å². The van der Waals surface area contributed by atoms with E-state index in [0.717, 1.165) is 0 Å². The molecule has 0 fully saturated rings. The van der Waals surface area contributed by atoms with Crippen LogP contribution in [0.4, 0.5) is 0 Å². The van der Waals surface area contributed by atoms with Gasteiger partial charge in [-0.25, -0.2) is 0 Å². The van der Waals surface area contributed by atoms with E-state index in [1.165, 1.54) is 0 Å². The van der Waals surface area contributed by atoms with Gasteiger partial charge in [-0.15, -0.1) is 0 Å². The van der Waals surface area contributed by atoms with Gasteiger partial charge in [-0.1, -0.05) is 0 Å². The van der Waals surface area contributed by atoms with Crippen LogP contribution in [0.25, 0.3) is 0 Å². The molecule has 0 aliphatic rings. The zero-order valence-electron chi connectivity index (χ0n) is 5.12. The minimum atomic E-state index is -5.17. The van der Waals surface area contributed by atoms with Crippen molar-refractivity contribution in [3.8, 4) is 0 Å². The number of rotatable bonds is 0. The molecule has 71 valence electrons. The van der Waals surface area contributed by atoms with Crippen LogP contribution in [-0.2, 0) is 42.4 Å². The van der Waals surface area contributed by atoms with Crippen LogP contribution in [0.1, 0.15) is 0 Å². The smallest absolute Gasteiger partial charge is 0.0870 e. The van der Waals surface area contributed by atoms with Crippen LogP contribution in [-0.4, -0.2) is 29.5 Å². The third-order valence-corrected chi connectivity index (χ3v) is 0.167. The molecule has 0 aromatic heterocycles. The minimum absolute atomic E-state index is 0. The fraction of sp³-hybridized carbons (Fsp3) is 0. The Balaban J connectivity index is -0.000000126. The zero-order chi connectivity index (χ0) is 9.65. The van der Waals surface area contributed by atoms with Crippen LogP contribution in [0.3, 0.4) is 0 Å². The van der Waals surface area contributed by atoms with Gasteiger partial charge in [-0.3, -0.25) is 8.42 Å². The Kier molecular flexibility index (Phi) is 10.6. The standard InChI is InChI=1S/C2H2O4.H2O4S.Ta/c3-1(4)2(5)6;1-5(2,3)4;/h(H,3,4)(H,5,6);(H2,1,2,3,4);/p-4. The number of carboxylic acids is 2. The number of carbonyl (C=O) groups is 2. The van der Waals surface area contributed by atoms with Crippen molar-refractivity contribution in [2.24, 2.45) is 0 Å². The average Bonchev–Trinajstić information content (AvgIpc) is 1.59. The molecule has 0 atom stereocenters. The van der Waals surface area contributed by atoms with Crippen molar-refractivity contribution in [3.63, 3.8) is 0 Å². The minimum Gasteiger partial charge on any atom is -0.759 e. The largest absolute Gasteiger partial charge is 0.759 e. The van der Waals surface area contributed by atoms with Crippen LogP contribution in [0.2, 0.25) is 0 Å². The summed E-state index contributed by atoms with van der Waals surface area (Å²) in [5, 5.41) is 17.9. The number of aliphatic carboxylic acids is 2. The van der Waals surface area contributed by atoms with Crippen molar-refractivity contribution in [1.82, 2.24) is 0 Å². The van der Waals surface area contributed by atoms with Crippen LogP contribution >= 0.6 is 0 Å². The van der Waals surface area contributed by atoms with E-state index >= 15 is 0 Å². The van der Waals surface area contributed by atoms with Gasteiger partial charge in [0.2, 0.25) is 0 Å². The number of hydrogen-bond donors (Lipinski definition) is 0. The number of carbonyl (C=O) groups excluding carboxylic acids is 2. The average molecular weight is 365 g/mol. The van der Waals surface area contributed by atoms with Gasteiger partial charge >= 0.3 is 0 Å². The summed E-state index contributed by atoms with van der Waals surface area (Å²) >= 11 is 0. The second-order valence-corrected chi connectivity index (χ2v) is 1.80. The van der Waals surface area contributed by atoms with E-state index in [1.807, 2.05) is 0 Å². The van der Waals surface area contributed by atoms with Crippen molar-refractivity contribution in [1.29, 1.82) is 0 Å². The molecule has 0 aromatic carbocycles. The molecule has 0 aliphatic carbocycles.